The van der Waals surface area contributed by atoms with Crippen molar-refractivity contribution in [3.63, 3.8) is 0 Å². The van der Waals surface area contributed by atoms with Crippen LogP contribution in [0.25, 0.3) is 0 Å². The number of alkyl halides is 3. The van der Waals surface area contributed by atoms with E-state index < -0.39 is 34.2 Å². The van der Waals surface area contributed by atoms with Crippen LogP contribution in [0, 0.1) is 0 Å². The number of halogens is 5. The van der Waals surface area contributed by atoms with Crippen molar-refractivity contribution in [1.82, 2.24) is 5.32 Å². The minimum atomic E-state index is -4.72. The highest BCUT2D eigenvalue weighted by molar-refractivity contribution is 7.98. The predicted molar refractivity (Wildman–Crippen MR) is 151 cm³/mol. The molecule has 3 aromatic carbocycles. The molecular formula is C26H25Cl2F3N2O5S2. The monoisotopic (exact) mass is 636 g/mol. The lowest BCUT2D eigenvalue weighted by Crippen LogP contribution is -2.41. The van der Waals surface area contributed by atoms with Crippen LogP contribution >= 0.6 is 35.0 Å². The molecule has 0 spiro atoms. The quantitative estimate of drug-likeness (QED) is 0.236. The molecule has 1 amide bonds. The summed E-state index contributed by atoms with van der Waals surface area (Å²) in [5.41, 5.74) is -0.451. The number of hydrogen-bond acceptors (Lipinski definition) is 6. The molecule has 0 bridgehead atoms. The number of hydrogen-bond donors (Lipinski definition) is 1. The zero-order valence-corrected chi connectivity index (χ0v) is 24.4. The first-order valence-corrected chi connectivity index (χ1v) is 14.9. The highest BCUT2D eigenvalue weighted by Gasteiger charge is 2.33. The first kappa shape index (κ1) is 31.7. The third-order valence-electron chi connectivity index (χ3n) is 5.51. The van der Waals surface area contributed by atoms with Crippen LogP contribution in [-0.2, 0) is 26.7 Å². The summed E-state index contributed by atoms with van der Waals surface area (Å²) in [5.74, 6) is 0.727. The molecule has 0 unspecified atom stereocenters. The van der Waals surface area contributed by atoms with Crippen molar-refractivity contribution >= 4 is 56.6 Å². The maximum Gasteiger partial charge on any atom is 0.416 e. The average Bonchev–Trinajstić information content (AvgIpc) is 2.92. The molecule has 0 heterocycles. The van der Waals surface area contributed by atoms with Gasteiger partial charge in [-0.2, -0.15) is 24.9 Å². The Morgan fingerprint density at radius 1 is 0.975 bits per heavy atom. The van der Waals surface area contributed by atoms with Gasteiger partial charge >= 0.3 is 6.18 Å². The molecule has 0 saturated carbocycles. The summed E-state index contributed by atoms with van der Waals surface area (Å²) < 4.78 is 78.4. The number of nitrogens with one attached hydrogen (secondary N) is 1. The van der Waals surface area contributed by atoms with Gasteiger partial charge in [-0.05, 0) is 48.0 Å². The second-order valence-corrected chi connectivity index (χ2v) is 12.0. The summed E-state index contributed by atoms with van der Waals surface area (Å²) in [6.45, 7) is -0.562. The third-order valence-corrected chi connectivity index (χ3v) is 9.05. The van der Waals surface area contributed by atoms with Crippen LogP contribution in [0.4, 0.5) is 18.9 Å². The van der Waals surface area contributed by atoms with Crippen molar-refractivity contribution in [2.75, 3.05) is 37.4 Å². The molecular weight excluding hydrogens is 612 g/mol. The van der Waals surface area contributed by atoms with Crippen molar-refractivity contribution in [3.8, 4) is 11.5 Å². The van der Waals surface area contributed by atoms with E-state index in [9.17, 15) is 26.4 Å². The van der Waals surface area contributed by atoms with Gasteiger partial charge in [-0.15, -0.1) is 0 Å². The van der Waals surface area contributed by atoms with Crippen LogP contribution in [0.15, 0.2) is 65.6 Å². The van der Waals surface area contributed by atoms with Crippen molar-refractivity contribution in [2.24, 2.45) is 0 Å². The molecule has 7 nitrogen and oxygen atoms in total. The maximum absolute atomic E-state index is 13.6. The number of methoxy groups -OCH3 is 2. The van der Waals surface area contributed by atoms with Crippen molar-refractivity contribution in [1.29, 1.82) is 0 Å². The summed E-state index contributed by atoms with van der Waals surface area (Å²) in [5, 5.41) is 3.49. The number of sulfonamides is 1. The van der Waals surface area contributed by atoms with Gasteiger partial charge < -0.3 is 14.8 Å². The van der Waals surface area contributed by atoms with Crippen LogP contribution in [0.3, 0.4) is 0 Å². The van der Waals surface area contributed by atoms with E-state index in [-0.39, 0.29) is 28.6 Å². The van der Waals surface area contributed by atoms with Crippen molar-refractivity contribution in [3.05, 3.63) is 81.8 Å². The van der Waals surface area contributed by atoms with Crippen molar-refractivity contribution < 1.29 is 35.9 Å². The predicted octanol–water partition coefficient (Wildman–Crippen LogP) is 6.27. The maximum atomic E-state index is 13.6. The topological polar surface area (TPSA) is 84.9 Å². The first-order chi connectivity index (χ1) is 18.9. The third kappa shape index (κ3) is 8.12. The minimum absolute atomic E-state index is 0.0935. The summed E-state index contributed by atoms with van der Waals surface area (Å²) in [4.78, 5) is 12.5. The zero-order chi connectivity index (χ0) is 29.5. The molecule has 14 heteroatoms. The van der Waals surface area contributed by atoms with E-state index in [4.69, 9.17) is 32.7 Å². The van der Waals surface area contributed by atoms with Gasteiger partial charge in [0.15, 0.2) is 11.5 Å². The zero-order valence-electron chi connectivity index (χ0n) is 21.3. The molecule has 0 aromatic heterocycles. The molecule has 0 aliphatic carbocycles. The van der Waals surface area contributed by atoms with Crippen LogP contribution < -0.4 is 19.1 Å². The lowest BCUT2D eigenvalue weighted by molar-refractivity contribution is -0.137. The largest absolute Gasteiger partial charge is 0.493 e. The van der Waals surface area contributed by atoms with Gasteiger partial charge in [0.25, 0.3) is 10.0 Å². The second-order valence-electron chi connectivity index (χ2n) is 8.23. The lowest BCUT2D eigenvalue weighted by Gasteiger charge is -2.25. The van der Waals surface area contributed by atoms with Crippen LogP contribution in [0.2, 0.25) is 10.0 Å². The second kappa shape index (κ2) is 13.7. The first-order valence-electron chi connectivity index (χ1n) is 11.6. The van der Waals surface area contributed by atoms with E-state index >= 15 is 0 Å². The minimum Gasteiger partial charge on any atom is -0.493 e. The molecule has 0 atom stereocenters. The molecule has 0 saturated heterocycles. The number of benzene rings is 3. The number of carbonyl (C=O) groups excluding carboxylic acids is 1. The Balaban J connectivity index is 1.78. The van der Waals surface area contributed by atoms with Gasteiger partial charge in [0.2, 0.25) is 5.91 Å². The van der Waals surface area contributed by atoms with E-state index in [0.717, 1.165) is 17.7 Å². The van der Waals surface area contributed by atoms with Crippen LogP contribution in [-0.4, -0.2) is 47.4 Å². The van der Waals surface area contributed by atoms with Crippen molar-refractivity contribution in [2.45, 2.75) is 16.8 Å². The smallest absolute Gasteiger partial charge is 0.416 e. The van der Waals surface area contributed by atoms with Gasteiger partial charge in [-0.1, -0.05) is 35.3 Å². The van der Waals surface area contributed by atoms with Gasteiger partial charge in [-0.25, -0.2) is 8.42 Å². The number of anilines is 1. The number of nitrogens with zero attached hydrogens (tertiary/aromatic N) is 1. The van der Waals surface area contributed by atoms with Gasteiger partial charge in [-0.3, -0.25) is 9.10 Å². The SMILES string of the molecule is COc1ccc(S(=O)(=O)N(CC(=O)NCCSCc2ccc(Cl)c(Cl)c2)c2cccc(C(F)(F)F)c2)cc1OC. The van der Waals surface area contributed by atoms with E-state index in [2.05, 4.69) is 5.32 Å². The molecule has 0 aliphatic rings. The molecule has 3 rings (SSSR count). The Kier molecular flexibility index (Phi) is 10.9. The van der Waals surface area contributed by atoms with E-state index in [1.807, 2.05) is 6.07 Å². The fourth-order valence-corrected chi connectivity index (χ4v) is 6.08. The summed E-state index contributed by atoms with van der Waals surface area (Å²) in [7, 11) is -1.83. The van der Waals surface area contributed by atoms with E-state index in [0.29, 0.717) is 31.9 Å². The fraction of sp³-hybridized carbons (Fsp3) is 0.269. The summed E-state index contributed by atoms with van der Waals surface area (Å²) in [6, 6.07) is 12.7. The normalized spacial score (nSPS) is 11.7. The lowest BCUT2D eigenvalue weighted by atomic mass is 10.2. The van der Waals surface area contributed by atoms with Gasteiger partial charge in [0, 0.05) is 24.1 Å². The summed E-state index contributed by atoms with van der Waals surface area (Å²) in [6.07, 6.45) is -4.72. The molecule has 0 radical (unpaired) electrons. The Hall–Kier alpha value is -2.80. The highest BCUT2D eigenvalue weighted by Crippen LogP contribution is 2.35. The number of carbonyl (C=O) groups is 1. The van der Waals surface area contributed by atoms with Crippen LogP contribution in [0.1, 0.15) is 11.1 Å². The molecule has 40 heavy (non-hydrogen) atoms. The Morgan fingerprint density at radius 3 is 2.35 bits per heavy atom. The number of rotatable bonds is 12. The Bertz CT molecular complexity index is 1460. The standard InChI is InChI=1S/C26H25Cl2F3N2O5S2/c1-37-23-9-7-20(14-24(23)38-2)40(35,36)33(19-5-3-4-18(13-19)26(29,30)31)15-25(34)32-10-11-39-16-17-6-8-21(27)22(28)12-17/h3-9,12-14H,10-11,15-16H2,1-2H3,(H,32,34). The number of thioether (sulfide) groups is 1. The summed E-state index contributed by atoms with van der Waals surface area (Å²) >= 11 is 13.4. The molecule has 1 N–H and O–H groups in total. The molecule has 3 aromatic rings. The Labute approximate surface area is 244 Å². The number of amides is 1. The van der Waals surface area contributed by atoms with E-state index in [1.165, 1.54) is 50.2 Å². The highest BCUT2D eigenvalue weighted by atomic mass is 35.5. The molecule has 216 valence electrons. The van der Waals surface area contributed by atoms with E-state index in [1.54, 1.807) is 12.1 Å². The van der Waals surface area contributed by atoms with Gasteiger partial charge in [0.05, 0.1) is 40.4 Å². The average molecular weight is 638 g/mol. The number of ether oxygens (including phenoxy) is 2. The molecule has 0 aliphatic heterocycles. The van der Waals surface area contributed by atoms with Gasteiger partial charge in [0.1, 0.15) is 6.54 Å². The molecule has 0 fully saturated rings. The Morgan fingerprint density at radius 2 is 1.70 bits per heavy atom. The van der Waals surface area contributed by atoms with Crippen LogP contribution in [0.5, 0.6) is 11.5 Å². The fourth-order valence-electron chi connectivity index (χ4n) is 3.53.